The van der Waals surface area contributed by atoms with E-state index in [4.69, 9.17) is 0 Å². The third-order valence-electron chi connectivity index (χ3n) is 2.68. The highest BCUT2D eigenvalue weighted by Gasteiger charge is 2.12. The maximum Gasteiger partial charge on any atom is 0.134 e. The third-order valence-corrected chi connectivity index (χ3v) is 3.46. The molecule has 0 aliphatic carbocycles. The van der Waals surface area contributed by atoms with Gasteiger partial charge < -0.3 is 10.2 Å². The van der Waals surface area contributed by atoms with E-state index in [0.29, 0.717) is 6.54 Å². The van der Waals surface area contributed by atoms with Gasteiger partial charge in [0.1, 0.15) is 16.5 Å². The SMILES string of the molecule is CCN(Cc1nnsc1NC)c1cccc(F)c1. The second-order valence-electron chi connectivity index (χ2n) is 3.79. The lowest BCUT2D eigenvalue weighted by molar-refractivity contribution is 0.626. The summed E-state index contributed by atoms with van der Waals surface area (Å²) in [5.74, 6) is -0.226. The fraction of sp³-hybridized carbons (Fsp3) is 0.333. The Hall–Kier alpha value is -1.69. The topological polar surface area (TPSA) is 41.1 Å². The van der Waals surface area contributed by atoms with Crippen LogP contribution in [0.4, 0.5) is 15.1 Å². The van der Waals surface area contributed by atoms with Gasteiger partial charge >= 0.3 is 0 Å². The molecule has 6 heteroatoms. The van der Waals surface area contributed by atoms with Crippen LogP contribution in [0.1, 0.15) is 12.6 Å². The summed E-state index contributed by atoms with van der Waals surface area (Å²) in [6, 6.07) is 6.58. The Kier molecular flexibility index (Phi) is 4.09. The Balaban J connectivity index is 2.20. The van der Waals surface area contributed by atoms with Gasteiger partial charge in [-0.25, -0.2) is 4.39 Å². The minimum Gasteiger partial charge on any atom is -0.377 e. The van der Waals surface area contributed by atoms with E-state index in [9.17, 15) is 4.39 Å². The number of aromatic nitrogens is 2. The van der Waals surface area contributed by atoms with Crippen LogP contribution in [0.15, 0.2) is 24.3 Å². The Morgan fingerprint density at radius 2 is 2.28 bits per heavy atom. The molecule has 4 nitrogen and oxygen atoms in total. The smallest absolute Gasteiger partial charge is 0.134 e. The maximum atomic E-state index is 13.2. The van der Waals surface area contributed by atoms with Crippen LogP contribution in [0.25, 0.3) is 0 Å². The number of nitrogens with zero attached hydrogens (tertiary/aromatic N) is 3. The van der Waals surface area contributed by atoms with E-state index in [0.717, 1.165) is 22.9 Å². The summed E-state index contributed by atoms with van der Waals surface area (Å²) in [5.41, 5.74) is 1.74. The molecule has 1 heterocycles. The molecule has 0 aliphatic rings. The summed E-state index contributed by atoms with van der Waals surface area (Å²) in [7, 11) is 1.84. The van der Waals surface area contributed by atoms with Crippen LogP contribution in [0.3, 0.4) is 0 Å². The molecule has 1 aromatic carbocycles. The standard InChI is InChI=1S/C12H15FN4S/c1-3-17(10-6-4-5-9(13)7-10)8-11-12(14-2)18-16-15-11/h4-7,14H,3,8H2,1-2H3. The summed E-state index contributed by atoms with van der Waals surface area (Å²) < 4.78 is 17.1. The predicted molar refractivity (Wildman–Crippen MR) is 72.6 cm³/mol. The zero-order valence-electron chi connectivity index (χ0n) is 10.4. The summed E-state index contributed by atoms with van der Waals surface area (Å²) in [5, 5.41) is 8.10. The Morgan fingerprint density at radius 1 is 1.44 bits per heavy atom. The minimum atomic E-state index is -0.226. The predicted octanol–water partition coefficient (Wildman–Crippen LogP) is 2.75. The van der Waals surface area contributed by atoms with Crippen molar-refractivity contribution >= 4 is 22.2 Å². The zero-order chi connectivity index (χ0) is 13.0. The van der Waals surface area contributed by atoms with Crippen LogP contribution in [-0.4, -0.2) is 23.2 Å². The molecule has 0 saturated heterocycles. The minimum absolute atomic E-state index is 0.226. The van der Waals surface area contributed by atoms with Crippen molar-refractivity contribution in [3.8, 4) is 0 Å². The first-order chi connectivity index (χ1) is 8.74. The summed E-state index contributed by atoms with van der Waals surface area (Å²) in [6.07, 6.45) is 0. The molecule has 1 aromatic heterocycles. The quantitative estimate of drug-likeness (QED) is 0.903. The van der Waals surface area contributed by atoms with Crippen molar-refractivity contribution in [1.82, 2.24) is 9.59 Å². The highest BCUT2D eigenvalue weighted by molar-refractivity contribution is 7.10. The van der Waals surface area contributed by atoms with Gasteiger partial charge in [-0.05, 0) is 25.1 Å². The number of hydrogen-bond donors (Lipinski definition) is 1. The number of benzene rings is 1. The third kappa shape index (κ3) is 2.76. The average Bonchev–Trinajstić information content (AvgIpc) is 2.83. The molecule has 96 valence electrons. The molecule has 18 heavy (non-hydrogen) atoms. The molecule has 0 radical (unpaired) electrons. The van der Waals surface area contributed by atoms with Crippen molar-refractivity contribution in [2.75, 3.05) is 23.8 Å². The van der Waals surface area contributed by atoms with Crippen molar-refractivity contribution in [1.29, 1.82) is 0 Å². The molecule has 0 aliphatic heterocycles. The lowest BCUT2D eigenvalue weighted by atomic mass is 10.2. The summed E-state index contributed by atoms with van der Waals surface area (Å²) in [6.45, 7) is 3.43. The monoisotopic (exact) mass is 266 g/mol. The molecule has 0 unspecified atom stereocenters. The second-order valence-corrected chi connectivity index (χ2v) is 4.55. The lowest BCUT2D eigenvalue weighted by Gasteiger charge is -2.22. The Bertz CT molecular complexity index is 514. The molecule has 0 spiro atoms. The van der Waals surface area contributed by atoms with E-state index < -0.39 is 0 Å². The Labute approximate surface area is 110 Å². The van der Waals surface area contributed by atoms with Gasteiger partial charge in [0.05, 0.1) is 6.54 Å². The second kappa shape index (κ2) is 5.77. The highest BCUT2D eigenvalue weighted by atomic mass is 32.1. The van der Waals surface area contributed by atoms with E-state index in [2.05, 4.69) is 19.8 Å². The first-order valence-corrected chi connectivity index (χ1v) is 6.51. The molecule has 0 amide bonds. The van der Waals surface area contributed by atoms with Gasteiger partial charge in [-0.3, -0.25) is 0 Å². The molecule has 0 bridgehead atoms. The lowest BCUT2D eigenvalue weighted by Crippen LogP contribution is -2.22. The molecule has 0 saturated carbocycles. The van der Waals surface area contributed by atoms with Gasteiger partial charge in [0.25, 0.3) is 0 Å². The van der Waals surface area contributed by atoms with Crippen molar-refractivity contribution in [3.63, 3.8) is 0 Å². The molecule has 1 N–H and O–H groups in total. The van der Waals surface area contributed by atoms with Crippen molar-refractivity contribution < 1.29 is 4.39 Å². The largest absolute Gasteiger partial charge is 0.377 e. The molecular weight excluding hydrogens is 251 g/mol. The first-order valence-electron chi connectivity index (χ1n) is 5.74. The van der Waals surface area contributed by atoms with Crippen LogP contribution >= 0.6 is 11.5 Å². The van der Waals surface area contributed by atoms with Gasteiger partial charge in [0.15, 0.2) is 0 Å². The maximum absolute atomic E-state index is 13.2. The van der Waals surface area contributed by atoms with Crippen LogP contribution < -0.4 is 10.2 Å². The molecule has 0 fully saturated rings. The number of hydrogen-bond acceptors (Lipinski definition) is 5. The fourth-order valence-corrected chi connectivity index (χ4v) is 2.26. The van der Waals surface area contributed by atoms with E-state index in [-0.39, 0.29) is 5.82 Å². The van der Waals surface area contributed by atoms with E-state index >= 15 is 0 Å². The number of halogens is 1. The number of rotatable bonds is 5. The molecule has 2 rings (SSSR count). The van der Waals surface area contributed by atoms with Gasteiger partial charge in [-0.1, -0.05) is 10.6 Å². The van der Waals surface area contributed by atoms with Crippen molar-refractivity contribution in [3.05, 3.63) is 35.8 Å². The summed E-state index contributed by atoms with van der Waals surface area (Å²) in [4.78, 5) is 2.06. The molecule has 2 aromatic rings. The van der Waals surface area contributed by atoms with Crippen molar-refractivity contribution in [2.45, 2.75) is 13.5 Å². The number of nitrogens with one attached hydrogen (secondary N) is 1. The normalized spacial score (nSPS) is 10.4. The van der Waals surface area contributed by atoms with Crippen LogP contribution in [0.2, 0.25) is 0 Å². The van der Waals surface area contributed by atoms with Crippen LogP contribution in [0, 0.1) is 5.82 Å². The van der Waals surface area contributed by atoms with Crippen LogP contribution in [0.5, 0.6) is 0 Å². The van der Waals surface area contributed by atoms with E-state index in [1.54, 1.807) is 6.07 Å². The zero-order valence-corrected chi connectivity index (χ0v) is 11.2. The van der Waals surface area contributed by atoms with Gasteiger partial charge in [0.2, 0.25) is 0 Å². The van der Waals surface area contributed by atoms with Crippen LogP contribution in [-0.2, 0) is 6.54 Å². The fourth-order valence-electron chi connectivity index (χ4n) is 1.74. The molecular formula is C12H15FN4S. The first kappa shape index (κ1) is 12.8. The van der Waals surface area contributed by atoms with E-state index in [1.807, 2.05) is 20.0 Å². The van der Waals surface area contributed by atoms with Gasteiger partial charge in [-0.15, -0.1) is 5.10 Å². The number of anilines is 2. The highest BCUT2D eigenvalue weighted by Crippen LogP contribution is 2.22. The Morgan fingerprint density at radius 3 is 2.94 bits per heavy atom. The van der Waals surface area contributed by atoms with Gasteiger partial charge in [-0.2, -0.15) is 0 Å². The summed E-state index contributed by atoms with van der Waals surface area (Å²) >= 11 is 1.33. The average molecular weight is 266 g/mol. The molecule has 0 atom stereocenters. The van der Waals surface area contributed by atoms with Crippen molar-refractivity contribution in [2.24, 2.45) is 0 Å². The van der Waals surface area contributed by atoms with E-state index in [1.165, 1.54) is 23.7 Å². The van der Waals surface area contributed by atoms with Gasteiger partial charge in [0, 0.05) is 30.8 Å².